The van der Waals surface area contributed by atoms with E-state index >= 15 is 0 Å². The van der Waals surface area contributed by atoms with Gasteiger partial charge in [-0.2, -0.15) is 0 Å². The Morgan fingerprint density at radius 1 is 1.08 bits per heavy atom. The molecule has 0 aliphatic rings. The third kappa shape index (κ3) is 10.9. The first kappa shape index (κ1) is 23.2. The van der Waals surface area contributed by atoms with Crippen molar-refractivity contribution in [2.45, 2.75) is 20.8 Å². The van der Waals surface area contributed by atoms with E-state index < -0.39 is 0 Å². The van der Waals surface area contributed by atoms with E-state index in [0.717, 1.165) is 18.2 Å². The summed E-state index contributed by atoms with van der Waals surface area (Å²) in [6.45, 7) is 7.51. The molecule has 7 heteroatoms. The van der Waals surface area contributed by atoms with Crippen molar-refractivity contribution in [2.75, 3.05) is 36.2 Å². The van der Waals surface area contributed by atoms with Crippen LogP contribution in [0.4, 0.5) is 23.0 Å². The van der Waals surface area contributed by atoms with Gasteiger partial charge < -0.3 is 27.3 Å². The molecular formula is C19H31N5O2. The van der Waals surface area contributed by atoms with Gasteiger partial charge in [0.15, 0.2) is 5.82 Å². The Balaban J connectivity index is 0.000000373. The fourth-order valence-electron chi connectivity index (χ4n) is 1.56. The predicted molar refractivity (Wildman–Crippen MR) is 109 cm³/mol. The minimum atomic E-state index is 0.292. The third-order valence-corrected chi connectivity index (χ3v) is 3.51. The van der Waals surface area contributed by atoms with Gasteiger partial charge in [-0.25, -0.2) is 4.98 Å². The molecule has 0 fully saturated rings. The van der Waals surface area contributed by atoms with Crippen LogP contribution in [0.15, 0.2) is 42.5 Å². The summed E-state index contributed by atoms with van der Waals surface area (Å²) in [5, 5.41) is 2.32. The van der Waals surface area contributed by atoms with Crippen LogP contribution < -0.4 is 22.5 Å². The Morgan fingerprint density at radius 3 is 2.08 bits per heavy atom. The van der Waals surface area contributed by atoms with Crippen molar-refractivity contribution in [3.8, 4) is 0 Å². The molecule has 26 heavy (non-hydrogen) atoms. The van der Waals surface area contributed by atoms with Crippen LogP contribution in [0, 0.1) is 11.8 Å². The number of hydrogen-bond acceptors (Lipinski definition) is 6. The standard InChI is InChI=1S/C7H16O.C6H8N4O.C6H7N/c1-6(2)7(3)5-8-4;7-4-1-2-5(8)10-6(4)9-3-11;7-6-4-2-1-3-5-6/h6-7H,5H2,1-4H3;1-3H,7H2,(H3,8,9,10,11);1-5H,7H2. The Bertz CT molecular complexity index is 621. The number of aromatic nitrogens is 1. The number of anilines is 4. The van der Waals surface area contributed by atoms with E-state index in [1.54, 1.807) is 19.2 Å². The summed E-state index contributed by atoms with van der Waals surface area (Å²) in [5.74, 6) is 2.05. The lowest BCUT2D eigenvalue weighted by Crippen LogP contribution is -2.09. The summed E-state index contributed by atoms with van der Waals surface area (Å²) in [6, 6.07) is 12.6. The van der Waals surface area contributed by atoms with Gasteiger partial charge in [-0.05, 0) is 36.1 Å². The molecule has 2 rings (SSSR count). The molecule has 2 aromatic rings. The second-order valence-electron chi connectivity index (χ2n) is 6.02. The summed E-state index contributed by atoms with van der Waals surface area (Å²) in [4.78, 5) is 13.8. The summed E-state index contributed by atoms with van der Waals surface area (Å²) in [6.07, 6.45) is 0.498. The minimum Gasteiger partial charge on any atom is -0.399 e. The average molecular weight is 361 g/mol. The molecule has 0 spiro atoms. The maximum absolute atomic E-state index is 9.99. The van der Waals surface area contributed by atoms with E-state index in [1.165, 1.54) is 0 Å². The maximum atomic E-state index is 9.99. The number of nitrogens with zero attached hydrogens (tertiary/aromatic N) is 1. The number of rotatable bonds is 5. The van der Waals surface area contributed by atoms with Crippen molar-refractivity contribution in [3.05, 3.63) is 42.5 Å². The number of para-hydroxylation sites is 1. The van der Waals surface area contributed by atoms with E-state index in [4.69, 9.17) is 21.9 Å². The van der Waals surface area contributed by atoms with E-state index in [0.29, 0.717) is 29.7 Å². The van der Waals surface area contributed by atoms with Crippen molar-refractivity contribution < 1.29 is 9.53 Å². The van der Waals surface area contributed by atoms with E-state index in [-0.39, 0.29) is 0 Å². The molecule has 1 amide bonds. The van der Waals surface area contributed by atoms with Crippen molar-refractivity contribution in [3.63, 3.8) is 0 Å². The zero-order chi connectivity index (χ0) is 19.9. The Morgan fingerprint density at radius 2 is 1.69 bits per heavy atom. The highest BCUT2D eigenvalue weighted by molar-refractivity contribution is 5.77. The van der Waals surface area contributed by atoms with Crippen LogP contribution in [-0.2, 0) is 9.53 Å². The van der Waals surface area contributed by atoms with Gasteiger partial charge in [0.05, 0.1) is 5.69 Å². The number of carbonyl (C=O) groups excluding carboxylic acids is 1. The topological polar surface area (TPSA) is 129 Å². The van der Waals surface area contributed by atoms with E-state index in [2.05, 4.69) is 31.1 Å². The molecule has 1 unspecified atom stereocenters. The molecule has 1 atom stereocenters. The molecule has 0 saturated carbocycles. The first-order valence-corrected chi connectivity index (χ1v) is 8.33. The van der Waals surface area contributed by atoms with E-state index in [1.807, 2.05) is 30.3 Å². The smallest absolute Gasteiger partial charge is 0.212 e. The Hall–Kier alpha value is -2.80. The van der Waals surface area contributed by atoms with Gasteiger partial charge in [-0.15, -0.1) is 0 Å². The first-order valence-electron chi connectivity index (χ1n) is 8.33. The van der Waals surface area contributed by atoms with Crippen LogP contribution in [0.2, 0.25) is 0 Å². The second kappa shape index (κ2) is 13.5. The summed E-state index contributed by atoms with van der Waals surface area (Å²) >= 11 is 0. The van der Waals surface area contributed by atoms with Crippen molar-refractivity contribution >= 4 is 29.4 Å². The molecule has 1 aromatic heterocycles. The number of nitrogen functional groups attached to an aromatic ring is 3. The molecule has 1 heterocycles. The average Bonchev–Trinajstić information content (AvgIpc) is 2.60. The zero-order valence-corrected chi connectivity index (χ0v) is 16.0. The van der Waals surface area contributed by atoms with Crippen LogP contribution in [0.5, 0.6) is 0 Å². The van der Waals surface area contributed by atoms with Gasteiger partial charge in [0, 0.05) is 19.4 Å². The fourth-order valence-corrected chi connectivity index (χ4v) is 1.56. The van der Waals surface area contributed by atoms with Gasteiger partial charge >= 0.3 is 0 Å². The quantitative estimate of drug-likeness (QED) is 0.478. The highest BCUT2D eigenvalue weighted by Crippen LogP contribution is 2.15. The van der Waals surface area contributed by atoms with Crippen molar-refractivity contribution in [1.29, 1.82) is 0 Å². The highest BCUT2D eigenvalue weighted by atomic mass is 16.5. The lowest BCUT2D eigenvalue weighted by atomic mass is 10.00. The van der Waals surface area contributed by atoms with E-state index in [9.17, 15) is 4.79 Å². The number of methoxy groups -OCH3 is 1. The van der Waals surface area contributed by atoms with Crippen LogP contribution in [0.1, 0.15) is 20.8 Å². The third-order valence-electron chi connectivity index (χ3n) is 3.51. The molecule has 0 saturated heterocycles. The number of carbonyl (C=O) groups is 1. The molecular weight excluding hydrogens is 330 g/mol. The minimum absolute atomic E-state index is 0.292. The number of nitrogens with one attached hydrogen (secondary N) is 1. The van der Waals surface area contributed by atoms with Gasteiger partial charge in [-0.1, -0.05) is 39.0 Å². The molecule has 7 N–H and O–H groups in total. The lowest BCUT2D eigenvalue weighted by molar-refractivity contribution is -0.105. The van der Waals surface area contributed by atoms with Crippen molar-refractivity contribution in [1.82, 2.24) is 4.98 Å². The maximum Gasteiger partial charge on any atom is 0.212 e. The molecule has 1 aromatic carbocycles. The largest absolute Gasteiger partial charge is 0.399 e. The number of ether oxygens (including phenoxy) is 1. The van der Waals surface area contributed by atoms with Gasteiger partial charge in [0.2, 0.25) is 6.41 Å². The predicted octanol–water partition coefficient (Wildman–Crippen LogP) is 3.01. The second-order valence-corrected chi connectivity index (χ2v) is 6.02. The zero-order valence-electron chi connectivity index (χ0n) is 16.0. The van der Waals surface area contributed by atoms with Crippen LogP contribution in [-0.4, -0.2) is 25.1 Å². The molecule has 0 aliphatic carbocycles. The number of nitrogens with two attached hydrogens (primary N) is 3. The van der Waals surface area contributed by atoms with Gasteiger partial charge in [-0.3, -0.25) is 4.79 Å². The Labute approximate surface area is 155 Å². The molecule has 144 valence electrons. The Kier molecular flexibility index (Phi) is 12.0. The number of pyridine rings is 1. The molecule has 0 bridgehead atoms. The van der Waals surface area contributed by atoms with Crippen molar-refractivity contribution in [2.24, 2.45) is 11.8 Å². The van der Waals surface area contributed by atoms with Crippen LogP contribution in [0.25, 0.3) is 0 Å². The molecule has 0 radical (unpaired) electrons. The fraction of sp³-hybridized carbons (Fsp3) is 0.368. The number of amides is 1. The summed E-state index contributed by atoms with van der Waals surface area (Å²) in [7, 11) is 1.75. The van der Waals surface area contributed by atoms with Gasteiger partial charge in [0.1, 0.15) is 5.82 Å². The summed E-state index contributed by atoms with van der Waals surface area (Å²) < 4.78 is 4.96. The molecule has 0 aliphatic heterocycles. The van der Waals surface area contributed by atoms with Gasteiger partial charge in [0.25, 0.3) is 0 Å². The lowest BCUT2D eigenvalue weighted by Gasteiger charge is -2.12. The number of hydrogen-bond donors (Lipinski definition) is 4. The number of benzene rings is 1. The van der Waals surface area contributed by atoms with Crippen LogP contribution in [0.3, 0.4) is 0 Å². The highest BCUT2D eigenvalue weighted by Gasteiger charge is 2.04. The normalized spacial score (nSPS) is 10.7. The van der Waals surface area contributed by atoms with Crippen LogP contribution >= 0.6 is 0 Å². The first-order chi connectivity index (χ1) is 12.3. The summed E-state index contributed by atoms with van der Waals surface area (Å²) in [5.41, 5.74) is 17.3. The molecule has 7 nitrogen and oxygen atoms in total. The SMILES string of the molecule is COCC(C)C(C)C.Nc1ccc(N)c(NC=O)n1.Nc1ccccc1. The monoisotopic (exact) mass is 361 g/mol.